The van der Waals surface area contributed by atoms with E-state index in [0.717, 1.165) is 29.8 Å². The van der Waals surface area contributed by atoms with Gasteiger partial charge in [0.15, 0.2) is 11.8 Å². The molecule has 3 aromatic rings. The minimum atomic E-state index is -1.09. The lowest BCUT2D eigenvalue weighted by atomic mass is 9.82. The number of hydrogen-bond donors (Lipinski definition) is 1. The summed E-state index contributed by atoms with van der Waals surface area (Å²) in [5, 5.41) is 2.99. The fourth-order valence-electron chi connectivity index (χ4n) is 5.89. The third kappa shape index (κ3) is 7.22. The molecule has 0 aliphatic carbocycles. The van der Waals surface area contributed by atoms with Gasteiger partial charge < -0.3 is 10.2 Å². The van der Waals surface area contributed by atoms with Crippen molar-refractivity contribution in [2.75, 3.05) is 20.1 Å². The van der Waals surface area contributed by atoms with Gasteiger partial charge in [0, 0.05) is 48.8 Å². The van der Waals surface area contributed by atoms with Crippen molar-refractivity contribution in [3.63, 3.8) is 0 Å². The molecule has 2 aliphatic heterocycles. The van der Waals surface area contributed by atoms with E-state index in [2.05, 4.69) is 55.3 Å². The molecule has 1 amide bonds. The first-order valence-corrected chi connectivity index (χ1v) is 15.3. The van der Waals surface area contributed by atoms with Gasteiger partial charge in [-0.3, -0.25) is 14.5 Å². The molecule has 44 heavy (non-hydrogen) atoms. The van der Waals surface area contributed by atoms with Crippen molar-refractivity contribution < 1.29 is 14.0 Å². The topological polar surface area (TPSA) is 65.0 Å². The maximum absolute atomic E-state index is 15.1. The number of rotatable bonds is 11. The Labute approximate surface area is 260 Å². The van der Waals surface area contributed by atoms with Gasteiger partial charge in [-0.2, -0.15) is 0 Å². The van der Waals surface area contributed by atoms with E-state index in [4.69, 9.17) is 4.99 Å². The van der Waals surface area contributed by atoms with Gasteiger partial charge >= 0.3 is 0 Å². The van der Waals surface area contributed by atoms with Gasteiger partial charge in [0.2, 0.25) is 0 Å². The highest BCUT2D eigenvalue weighted by atomic mass is 19.1. The van der Waals surface area contributed by atoms with Crippen LogP contribution in [0.4, 0.5) is 4.39 Å². The Hall–Kier alpha value is -4.36. The summed E-state index contributed by atoms with van der Waals surface area (Å²) in [5.74, 6) is -0.575. The molecule has 0 spiro atoms. The number of nitrogens with zero attached hydrogens (tertiary/aromatic N) is 3. The minimum absolute atomic E-state index is 0.221. The van der Waals surface area contributed by atoms with Crippen molar-refractivity contribution in [3.05, 3.63) is 131 Å². The lowest BCUT2D eigenvalue weighted by Gasteiger charge is -2.39. The minimum Gasteiger partial charge on any atom is -0.354 e. The largest absolute Gasteiger partial charge is 0.354 e. The number of amides is 1. The Kier molecular flexibility index (Phi) is 9.55. The van der Waals surface area contributed by atoms with Crippen molar-refractivity contribution in [1.29, 1.82) is 0 Å². The van der Waals surface area contributed by atoms with Crippen molar-refractivity contribution >= 4 is 17.4 Å². The monoisotopic (exact) mass is 592 g/mol. The highest BCUT2D eigenvalue weighted by Gasteiger charge is 2.45. The lowest BCUT2D eigenvalue weighted by Crippen LogP contribution is -2.49. The van der Waals surface area contributed by atoms with Crippen molar-refractivity contribution in [2.45, 2.75) is 52.6 Å². The third-order valence-corrected chi connectivity index (χ3v) is 7.98. The molecule has 0 bridgehead atoms. The summed E-state index contributed by atoms with van der Waals surface area (Å²) >= 11 is 0. The summed E-state index contributed by atoms with van der Waals surface area (Å²) in [6.07, 6.45) is 3.25. The summed E-state index contributed by atoms with van der Waals surface area (Å²) in [7, 11) is 2.04. The number of benzene rings is 3. The Morgan fingerprint density at radius 1 is 0.932 bits per heavy atom. The predicted octanol–water partition coefficient (Wildman–Crippen LogP) is 6.10. The number of halogens is 1. The fourth-order valence-corrected chi connectivity index (χ4v) is 5.89. The van der Waals surface area contributed by atoms with Gasteiger partial charge in [-0.1, -0.05) is 99.6 Å². The molecule has 2 heterocycles. The van der Waals surface area contributed by atoms with Crippen LogP contribution in [0.1, 0.15) is 43.9 Å². The first-order valence-electron chi connectivity index (χ1n) is 15.3. The van der Waals surface area contributed by atoms with Crippen LogP contribution in [-0.4, -0.2) is 53.4 Å². The van der Waals surface area contributed by atoms with Crippen LogP contribution in [0.15, 0.2) is 113 Å². The van der Waals surface area contributed by atoms with Crippen molar-refractivity contribution in [3.8, 4) is 0 Å². The van der Waals surface area contributed by atoms with E-state index in [1.165, 1.54) is 23.3 Å². The van der Waals surface area contributed by atoms with Gasteiger partial charge in [-0.15, -0.1) is 0 Å². The van der Waals surface area contributed by atoms with Crippen LogP contribution in [0.5, 0.6) is 0 Å². The van der Waals surface area contributed by atoms with Crippen molar-refractivity contribution in [1.82, 2.24) is 15.1 Å². The second-order valence-electron chi connectivity index (χ2n) is 12.6. The Balaban J connectivity index is 1.48. The molecule has 0 saturated heterocycles. The number of nitrogens with one attached hydrogen (secondary N) is 1. The number of carbonyl (C=O) groups is 2. The summed E-state index contributed by atoms with van der Waals surface area (Å²) in [6, 6.07) is 25.9. The van der Waals surface area contributed by atoms with Gasteiger partial charge in [-0.05, 0) is 42.6 Å². The molecular formula is C37H41FN4O2. The molecule has 5 rings (SSSR count). The summed E-state index contributed by atoms with van der Waals surface area (Å²) in [4.78, 5) is 36.1. The number of likely N-dealkylation sites (N-methyl/N-ethyl adjacent to an activating group) is 1. The number of carbonyl (C=O) groups excluding carboxylic acids is 2. The number of fused-ring (bicyclic) bond motifs is 1. The summed E-state index contributed by atoms with van der Waals surface area (Å²) in [5.41, 5.74) is 4.98. The number of allylic oxidation sites excluding steroid dienone is 1. The third-order valence-electron chi connectivity index (χ3n) is 7.98. The molecule has 0 fully saturated rings. The van der Waals surface area contributed by atoms with Crippen LogP contribution < -0.4 is 5.32 Å². The van der Waals surface area contributed by atoms with E-state index in [1.807, 2.05) is 49.5 Å². The van der Waals surface area contributed by atoms with E-state index in [-0.39, 0.29) is 29.3 Å². The summed E-state index contributed by atoms with van der Waals surface area (Å²) in [6.45, 7) is 7.92. The second kappa shape index (κ2) is 13.5. The summed E-state index contributed by atoms with van der Waals surface area (Å²) < 4.78 is 15.1. The van der Waals surface area contributed by atoms with Gasteiger partial charge in [0.1, 0.15) is 11.6 Å². The Morgan fingerprint density at radius 2 is 1.57 bits per heavy atom. The zero-order valence-corrected chi connectivity index (χ0v) is 26.0. The normalized spacial score (nSPS) is 16.6. The van der Waals surface area contributed by atoms with Crippen LogP contribution in [-0.2, 0) is 29.0 Å². The van der Waals surface area contributed by atoms with E-state index in [9.17, 15) is 9.59 Å². The fraction of sp³-hybridized carbons (Fsp3) is 0.324. The highest BCUT2D eigenvalue weighted by molar-refractivity contribution is 6.15. The van der Waals surface area contributed by atoms with Crippen LogP contribution in [0, 0.1) is 11.2 Å². The average molecular weight is 593 g/mol. The molecule has 6 nitrogen and oxygen atoms in total. The first-order chi connectivity index (χ1) is 21.1. The zero-order chi connectivity index (χ0) is 31.3. The van der Waals surface area contributed by atoms with E-state index >= 15 is 4.39 Å². The van der Waals surface area contributed by atoms with Crippen LogP contribution in [0.25, 0.3) is 0 Å². The molecular weight excluding hydrogens is 551 g/mol. The van der Waals surface area contributed by atoms with E-state index in [0.29, 0.717) is 31.0 Å². The SMILES string of the molecule is CN(CC1=C(Cc2ccccc2F)N2C(=CC(=O)C2C(=O)NCCCc2ccccc2)N=C1C(C)(C)C)Cc1ccccc1. The quantitative estimate of drug-likeness (QED) is 0.216. The maximum atomic E-state index is 15.1. The van der Waals surface area contributed by atoms with Gasteiger partial charge in [0.25, 0.3) is 5.91 Å². The first kappa shape index (κ1) is 31.1. The van der Waals surface area contributed by atoms with E-state index in [1.54, 1.807) is 17.0 Å². The molecule has 7 heteroatoms. The van der Waals surface area contributed by atoms with Crippen LogP contribution in [0.3, 0.4) is 0 Å². The second-order valence-corrected chi connectivity index (χ2v) is 12.6. The molecule has 3 aromatic carbocycles. The number of hydrogen-bond acceptors (Lipinski definition) is 5. The molecule has 0 radical (unpaired) electrons. The van der Waals surface area contributed by atoms with Gasteiger partial charge in [-0.25, -0.2) is 9.38 Å². The number of ketones is 1. The number of aliphatic imine (C=N–C) groups is 1. The molecule has 1 atom stereocenters. The molecule has 0 saturated carbocycles. The maximum Gasteiger partial charge on any atom is 0.251 e. The van der Waals surface area contributed by atoms with Crippen LogP contribution >= 0.6 is 0 Å². The average Bonchev–Trinajstić information content (AvgIpc) is 3.33. The molecule has 1 N–H and O–H groups in total. The molecule has 2 aliphatic rings. The Morgan fingerprint density at radius 3 is 2.23 bits per heavy atom. The molecule has 0 aromatic heterocycles. The highest BCUT2D eigenvalue weighted by Crippen LogP contribution is 2.39. The van der Waals surface area contributed by atoms with Gasteiger partial charge in [0.05, 0.1) is 5.71 Å². The van der Waals surface area contributed by atoms with E-state index < -0.39 is 6.04 Å². The van der Waals surface area contributed by atoms with Crippen molar-refractivity contribution in [2.24, 2.45) is 10.4 Å². The van der Waals surface area contributed by atoms with Crippen LogP contribution in [0.2, 0.25) is 0 Å². The lowest BCUT2D eigenvalue weighted by molar-refractivity contribution is -0.131. The Bertz CT molecular complexity index is 1590. The smallest absolute Gasteiger partial charge is 0.251 e. The molecule has 228 valence electrons. The predicted molar refractivity (Wildman–Crippen MR) is 173 cm³/mol. The standard InChI is InChI=1S/C37H41FN4O2/c1-37(2,3)35-29(25-41(4)24-27-16-9-6-10-17-27)31(22-28-19-11-12-20-30(28)38)42-33(40-35)23-32(43)34(42)36(44)39-21-13-18-26-14-7-5-8-15-26/h5-12,14-17,19-20,23,34H,13,18,21-22,24-25H2,1-4H3,(H,39,44). The number of aryl methyl sites for hydroxylation is 1. The zero-order valence-electron chi connectivity index (χ0n) is 26.0. The molecule has 1 unspecified atom stereocenters.